The van der Waals surface area contributed by atoms with E-state index in [1.165, 1.54) is 11.3 Å². The van der Waals surface area contributed by atoms with Gasteiger partial charge in [-0.15, -0.1) is 11.3 Å². The number of thiophene rings is 1. The van der Waals surface area contributed by atoms with Crippen LogP contribution in [0.2, 0.25) is 0 Å². The molecule has 0 fully saturated rings. The minimum atomic E-state index is -0.896. The van der Waals surface area contributed by atoms with Gasteiger partial charge in [-0.2, -0.15) is 0 Å². The van der Waals surface area contributed by atoms with Crippen LogP contribution in [0.1, 0.15) is 22.2 Å². The van der Waals surface area contributed by atoms with Crippen molar-refractivity contribution < 1.29 is 19.4 Å². The summed E-state index contributed by atoms with van der Waals surface area (Å²) in [6.07, 6.45) is -0.311. The van der Waals surface area contributed by atoms with E-state index in [-0.39, 0.29) is 12.3 Å². The number of hydrogen-bond donors (Lipinski definition) is 2. The van der Waals surface area contributed by atoms with E-state index in [1.807, 2.05) is 6.92 Å². The molecule has 1 aromatic rings. The summed E-state index contributed by atoms with van der Waals surface area (Å²) in [6, 6.07) is 1.70. The van der Waals surface area contributed by atoms with Gasteiger partial charge in [-0.3, -0.25) is 0 Å². The Morgan fingerprint density at radius 3 is 2.65 bits per heavy atom. The van der Waals surface area contributed by atoms with Gasteiger partial charge in [-0.25, -0.2) is 4.79 Å². The Kier molecular flexibility index (Phi) is 5.57. The second-order valence-corrected chi connectivity index (χ2v) is 4.61. The number of carbonyl (C=O) groups is 1. The molecule has 1 aromatic heterocycles. The first-order valence-electron chi connectivity index (χ1n) is 5.18. The van der Waals surface area contributed by atoms with Crippen molar-refractivity contribution in [2.75, 3.05) is 14.2 Å². The van der Waals surface area contributed by atoms with Gasteiger partial charge in [0.25, 0.3) is 0 Å². The number of carboxylic acids is 1. The van der Waals surface area contributed by atoms with Crippen molar-refractivity contribution in [2.45, 2.75) is 25.8 Å². The van der Waals surface area contributed by atoms with E-state index in [0.29, 0.717) is 12.1 Å². The number of methoxy groups -OCH3 is 2. The average Bonchev–Trinajstić information content (AvgIpc) is 2.76. The van der Waals surface area contributed by atoms with E-state index in [2.05, 4.69) is 5.32 Å². The number of rotatable bonds is 7. The van der Waals surface area contributed by atoms with E-state index in [1.54, 1.807) is 25.7 Å². The van der Waals surface area contributed by atoms with Crippen molar-refractivity contribution in [1.29, 1.82) is 0 Å². The van der Waals surface area contributed by atoms with Crippen molar-refractivity contribution >= 4 is 17.3 Å². The number of ether oxygens (including phenoxy) is 2. The lowest BCUT2D eigenvalue weighted by atomic mass is 10.3. The summed E-state index contributed by atoms with van der Waals surface area (Å²) < 4.78 is 10.2. The lowest BCUT2D eigenvalue weighted by Crippen LogP contribution is -2.39. The highest BCUT2D eigenvalue weighted by atomic mass is 32.1. The quantitative estimate of drug-likeness (QED) is 0.727. The third-order valence-corrected chi connectivity index (χ3v) is 3.31. The summed E-state index contributed by atoms with van der Waals surface area (Å²) in [7, 11) is 3.17. The lowest BCUT2D eigenvalue weighted by molar-refractivity contribution is -0.119. The highest BCUT2D eigenvalue weighted by Crippen LogP contribution is 2.14. The number of hydrogen-bond acceptors (Lipinski definition) is 5. The number of aromatic carboxylic acids is 1. The van der Waals surface area contributed by atoms with Crippen LogP contribution in [0.3, 0.4) is 0 Å². The van der Waals surface area contributed by atoms with Crippen molar-refractivity contribution in [1.82, 2.24) is 5.32 Å². The lowest BCUT2D eigenvalue weighted by Gasteiger charge is -2.21. The molecule has 0 aliphatic carbocycles. The zero-order valence-electron chi connectivity index (χ0n) is 10.1. The first kappa shape index (κ1) is 14.1. The molecule has 5 nitrogen and oxygen atoms in total. The molecular formula is C11H17NO4S. The first-order valence-corrected chi connectivity index (χ1v) is 6.06. The van der Waals surface area contributed by atoms with Crippen LogP contribution < -0.4 is 5.32 Å². The van der Waals surface area contributed by atoms with Crippen LogP contribution in [0.5, 0.6) is 0 Å². The van der Waals surface area contributed by atoms with Crippen molar-refractivity contribution in [3.63, 3.8) is 0 Å². The molecule has 1 atom stereocenters. The van der Waals surface area contributed by atoms with Crippen LogP contribution in [-0.2, 0) is 16.0 Å². The highest BCUT2D eigenvalue weighted by molar-refractivity contribution is 7.10. The first-order chi connectivity index (χ1) is 8.08. The Labute approximate surface area is 104 Å². The van der Waals surface area contributed by atoms with Crippen molar-refractivity contribution in [2.24, 2.45) is 0 Å². The van der Waals surface area contributed by atoms with Crippen LogP contribution in [0, 0.1) is 0 Å². The van der Waals surface area contributed by atoms with Gasteiger partial charge in [-0.05, 0) is 13.0 Å². The molecule has 0 radical (unpaired) electrons. The third kappa shape index (κ3) is 4.08. The molecule has 0 bridgehead atoms. The Hall–Kier alpha value is -0.950. The molecule has 0 aromatic carbocycles. The molecule has 1 heterocycles. The van der Waals surface area contributed by atoms with E-state index in [0.717, 1.165) is 4.88 Å². The fourth-order valence-electron chi connectivity index (χ4n) is 1.45. The summed E-state index contributed by atoms with van der Waals surface area (Å²) in [4.78, 5) is 11.7. The van der Waals surface area contributed by atoms with Gasteiger partial charge in [0.2, 0.25) is 0 Å². The molecule has 1 unspecified atom stereocenters. The standard InChI is InChI=1S/C11H17NO4S/c1-7(11(15-2)16-3)12-5-9-4-8(6-17-9)10(13)14/h4,6-7,11-12H,5H2,1-3H3,(H,13,14). The molecule has 17 heavy (non-hydrogen) atoms. The molecule has 1 rings (SSSR count). The molecular weight excluding hydrogens is 242 g/mol. The van der Waals surface area contributed by atoms with Gasteiger partial charge >= 0.3 is 5.97 Å². The zero-order chi connectivity index (χ0) is 12.8. The van der Waals surface area contributed by atoms with Crippen LogP contribution in [-0.4, -0.2) is 37.6 Å². The monoisotopic (exact) mass is 259 g/mol. The second kappa shape index (κ2) is 6.70. The molecule has 96 valence electrons. The fourth-order valence-corrected chi connectivity index (χ4v) is 2.26. The maximum absolute atomic E-state index is 10.7. The Bertz CT molecular complexity index is 362. The van der Waals surface area contributed by atoms with Crippen LogP contribution >= 0.6 is 11.3 Å². The largest absolute Gasteiger partial charge is 0.478 e. The van der Waals surface area contributed by atoms with Gasteiger partial charge in [0, 0.05) is 31.0 Å². The van der Waals surface area contributed by atoms with Crippen LogP contribution in [0.25, 0.3) is 0 Å². The third-order valence-electron chi connectivity index (χ3n) is 2.37. The van der Waals surface area contributed by atoms with Crippen molar-refractivity contribution in [3.05, 3.63) is 21.9 Å². The summed E-state index contributed by atoms with van der Waals surface area (Å²) in [5.41, 5.74) is 0.328. The minimum Gasteiger partial charge on any atom is -0.478 e. The Morgan fingerprint density at radius 2 is 2.18 bits per heavy atom. The zero-order valence-corrected chi connectivity index (χ0v) is 10.9. The van der Waals surface area contributed by atoms with Crippen LogP contribution in [0.15, 0.2) is 11.4 Å². The number of carboxylic acid groups (broad SMARTS) is 1. The van der Waals surface area contributed by atoms with E-state index < -0.39 is 5.97 Å². The summed E-state index contributed by atoms with van der Waals surface area (Å²) >= 11 is 1.42. The van der Waals surface area contributed by atoms with Gasteiger partial charge < -0.3 is 19.9 Å². The Morgan fingerprint density at radius 1 is 1.53 bits per heavy atom. The highest BCUT2D eigenvalue weighted by Gasteiger charge is 2.15. The molecule has 6 heteroatoms. The molecule has 0 aliphatic rings. The maximum Gasteiger partial charge on any atom is 0.336 e. The fraction of sp³-hybridized carbons (Fsp3) is 0.545. The Balaban J connectivity index is 2.46. The molecule has 0 spiro atoms. The van der Waals surface area contributed by atoms with E-state index >= 15 is 0 Å². The molecule has 0 amide bonds. The molecule has 0 saturated carbocycles. The van der Waals surface area contributed by atoms with Crippen LogP contribution in [0.4, 0.5) is 0 Å². The van der Waals surface area contributed by atoms with Crippen molar-refractivity contribution in [3.8, 4) is 0 Å². The predicted octanol–water partition coefficient (Wildman–Crippen LogP) is 1.54. The minimum absolute atomic E-state index is 0.0281. The molecule has 2 N–H and O–H groups in total. The van der Waals surface area contributed by atoms with Gasteiger partial charge in [-0.1, -0.05) is 0 Å². The summed E-state index contributed by atoms with van der Waals surface area (Å²) in [5, 5.41) is 13.6. The predicted molar refractivity (Wildman–Crippen MR) is 65.4 cm³/mol. The van der Waals surface area contributed by atoms with Gasteiger partial charge in [0.15, 0.2) is 6.29 Å². The maximum atomic E-state index is 10.7. The summed E-state index contributed by atoms with van der Waals surface area (Å²) in [5.74, 6) is -0.896. The summed E-state index contributed by atoms with van der Waals surface area (Å²) in [6.45, 7) is 2.55. The smallest absolute Gasteiger partial charge is 0.336 e. The van der Waals surface area contributed by atoms with E-state index in [9.17, 15) is 4.79 Å². The SMILES string of the molecule is COC(OC)C(C)NCc1cc(C(=O)O)cs1. The van der Waals surface area contributed by atoms with Gasteiger partial charge in [0.05, 0.1) is 11.6 Å². The molecule has 0 aliphatic heterocycles. The van der Waals surface area contributed by atoms with E-state index in [4.69, 9.17) is 14.6 Å². The number of nitrogens with one attached hydrogen (secondary N) is 1. The topological polar surface area (TPSA) is 67.8 Å². The average molecular weight is 259 g/mol. The normalized spacial score (nSPS) is 12.9. The second-order valence-electron chi connectivity index (χ2n) is 3.62. The molecule has 0 saturated heterocycles. The van der Waals surface area contributed by atoms with Gasteiger partial charge in [0.1, 0.15) is 0 Å².